The van der Waals surface area contributed by atoms with Crippen molar-refractivity contribution in [2.45, 2.75) is 41.0 Å². The molecule has 0 aliphatic heterocycles. The minimum Gasteiger partial charge on any atom is -0.0649 e. The van der Waals surface area contributed by atoms with Crippen LogP contribution in [0.1, 0.15) is 41.0 Å². The molecule has 0 fully saturated rings. The molecule has 0 radical (unpaired) electrons. The maximum absolute atomic E-state index is 2.32. The van der Waals surface area contributed by atoms with E-state index < -0.39 is 0 Å². The molecule has 0 aliphatic rings. The van der Waals surface area contributed by atoms with E-state index in [-0.39, 0.29) is 17.4 Å². The van der Waals surface area contributed by atoms with Crippen molar-refractivity contribution >= 4 is 17.4 Å². The highest BCUT2D eigenvalue weighted by molar-refractivity contribution is 5.75. The Morgan fingerprint density at radius 1 is 1.22 bits per heavy atom. The van der Waals surface area contributed by atoms with E-state index >= 15 is 0 Å². The van der Waals surface area contributed by atoms with Gasteiger partial charge in [-0.2, -0.15) is 0 Å². The molecule has 0 aromatic heterocycles. The van der Waals surface area contributed by atoms with Gasteiger partial charge in [0.15, 0.2) is 17.4 Å². The summed E-state index contributed by atoms with van der Waals surface area (Å²) in [5, 5.41) is 0. The first-order valence-corrected chi connectivity index (χ1v) is 3.50. The molecule has 0 atom stereocenters. The van der Waals surface area contributed by atoms with Crippen LogP contribution in [0.25, 0.3) is 0 Å². The normalized spacial score (nSPS) is 11.3. The Morgan fingerprint density at radius 2 is 1.56 bits per heavy atom. The third kappa shape index (κ3) is 4.01. The number of hydrogen-bond donors (Lipinski definition) is 0. The van der Waals surface area contributed by atoms with Gasteiger partial charge in [0.25, 0.3) is 0 Å². The van der Waals surface area contributed by atoms with Crippen molar-refractivity contribution in [1.29, 1.82) is 0 Å². The lowest BCUT2D eigenvalue weighted by Gasteiger charge is -2.27. The SMILES string of the molecule is CCC(C)(C)C(C)C.[AlH3]. The molecule has 9 heavy (non-hydrogen) atoms. The quantitative estimate of drug-likeness (QED) is 0.519. The van der Waals surface area contributed by atoms with E-state index in [2.05, 4.69) is 34.6 Å². The first-order chi connectivity index (χ1) is 3.50. The van der Waals surface area contributed by atoms with Crippen molar-refractivity contribution < 1.29 is 0 Å². The van der Waals surface area contributed by atoms with Crippen LogP contribution in [-0.4, -0.2) is 17.4 Å². The fraction of sp³-hybridized carbons (Fsp3) is 1.00. The maximum atomic E-state index is 2.32. The molecule has 0 aromatic rings. The summed E-state index contributed by atoms with van der Waals surface area (Å²) in [4.78, 5) is 0. The highest BCUT2D eigenvalue weighted by atomic mass is 27.0. The van der Waals surface area contributed by atoms with Gasteiger partial charge in [-0.3, -0.25) is 0 Å². The first kappa shape index (κ1) is 12.2. The predicted octanol–water partition coefficient (Wildman–Crippen LogP) is 1.89. The molecule has 0 bridgehead atoms. The number of hydrogen-bond acceptors (Lipinski definition) is 0. The Labute approximate surface area is 70.2 Å². The van der Waals surface area contributed by atoms with Crippen molar-refractivity contribution in [3.05, 3.63) is 0 Å². The fourth-order valence-corrected chi connectivity index (χ4v) is 0.408. The van der Waals surface area contributed by atoms with Gasteiger partial charge in [0.2, 0.25) is 0 Å². The molecular weight excluding hydrogens is 123 g/mol. The van der Waals surface area contributed by atoms with E-state index in [9.17, 15) is 0 Å². The first-order valence-electron chi connectivity index (χ1n) is 3.50. The zero-order valence-corrected chi connectivity index (χ0v) is 6.78. The van der Waals surface area contributed by atoms with Gasteiger partial charge in [-0.1, -0.05) is 41.0 Å². The van der Waals surface area contributed by atoms with E-state index in [4.69, 9.17) is 0 Å². The Balaban J connectivity index is 0. The highest BCUT2D eigenvalue weighted by Gasteiger charge is 2.18. The van der Waals surface area contributed by atoms with Gasteiger partial charge in [-0.15, -0.1) is 0 Å². The van der Waals surface area contributed by atoms with Crippen LogP contribution >= 0.6 is 0 Å². The minimum absolute atomic E-state index is 0. The summed E-state index contributed by atoms with van der Waals surface area (Å²) < 4.78 is 0. The monoisotopic (exact) mass is 144 g/mol. The molecule has 0 nitrogen and oxygen atoms in total. The van der Waals surface area contributed by atoms with Crippen LogP contribution in [0.3, 0.4) is 0 Å². The molecule has 0 spiro atoms. The van der Waals surface area contributed by atoms with Crippen LogP contribution in [0.5, 0.6) is 0 Å². The zero-order chi connectivity index (χ0) is 6.78. The molecule has 0 saturated heterocycles. The van der Waals surface area contributed by atoms with E-state index in [0.717, 1.165) is 5.92 Å². The fourth-order valence-electron chi connectivity index (χ4n) is 0.408. The largest absolute Gasteiger partial charge is 0.187 e. The van der Waals surface area contributed by atoms with E-state index in [1.807, 2.05) is 0 Å². The van der Waals surface area contributed by atoms with E-state index in [0.29, 0.717) is 5.41 Å². The molecular formula is C8H21Al. The van der Waals surface area contributed by atoms with Crippen molar-refractivity contribution in [2.24, 2.45) is 11.3 Å². The molecule has 0 rings (SSSR count). The lowest BCUT2D eigenvalue weighted by atomic mass is 9.79. The molecule has 0 N–H and O–H groups in total. The van der Waals surface area contributed by atoms with Crippen LogP contribution in [0.4, 0.5) is 0 Å². The summed E-state index contributed by atoms with van der Waals surface area (Å²) in [6, 6.07) is 0. The van der Waals surface area contributed by atoms with Gasteiger partial charge in [0, 0.05) is 0 Å². The van der Waals surface area contributed by atoms with Gasteiger partial charge in [-0.05, 0) is 11.3 Å². The topological polar surface area (TPSA) is 0 Å². The van der Waals surface area contributed by atoms with Crippen LogP contribution in [0.2, 0.25) is 0 Å². The van der Waals surface area contributed by atoms with Gasteiger partial charge in [-0.25, -0.2) is 0 Å². The standard InChI is InChI=1S/C8H18.Al.3H/c1-6-8(4,5)7(2)3;;;;/h7H,6H2,1-5H3;;;;. The highest BCUT2D eigenvalue weighted by Crippen LogP contribution is 2.28. The average Bonchev–Trinajstić information content (AvgIpc) is 1.67. The summed E-state index contributed by atoms with van der Waals surface area (Å²) in [6.45, 7) is 11.4. The maximum Gasteiger partial charge on any atom is 0.187 e. The lowest BCUT2D eigenvalue weighted by molar-refractivity contribution is 0.240. The van der Waals surface area contributed by atoms with Crippen molar-refractivity contribution in [2.75, 3.05) is 0 Å². The Bertz CT molecular complexity index is 65.0. The van der Waals surface area contributed by atoms with Crippen molar-refractivity contribution in [1.82, 2.24) is 0 Å². The van der Waals surface area contributed by atoms with E-state index in [1.54, 1.807) is 0 Å². The summed E-state index contributed by atoms with van der Waals surface area (Å²) in [5.41, 5.74) is 0.542. The van der Waals surface area contributed by atoms with Gasteiger partial charge in [0.05, 0.1) is 0 Å². The Hall–Kier alpha value is 0.532. The molecule has 0 aromatic carbocycles. The Kier molecular flexibility index (Phi) is 5.93. The average molecular weight is 144 g/mol. The van der Waals surface area contributed by atoms with Gasteiger partial charge in [0.1, 0.15) is 0 Å². The molecule has 0 aliphatic carbocycles. The molecule has 0 unspecified atom stereocenters. The molecule has 0 heterocycles. The predicted molar refractivity (Wildman–Crippen MR) is 48.8 cm³/mol. The molecule has 1 heteroatoms. The third-order valence-electron chi connectivity index (χ3n) is 2.47. The summed E-state index contributed by atoms with van der Waals surface area (Å²) in [7, 11) is 0. The van der Waals surface area contributed by atoms with Crippen LogP contribution < -0.4 is 0 Å². The van der Waals surface area contributed by atoms with Gasteiger partial charge < -0.3 is 0 Å². The molecule has 0 amide bonds. The number of rotatable bonds is 2. The third-order valence-corrected chi connectivity index (χ3v) is 2.47. The van der Waals surface area contributed by atoms with Gasteiger partial charge >= 0.3 is 0 Å². The summed E-state index contributed by atoms with van der Waals surface area (Å²) in [5.74, 6) is 0.812. The second-order valence-corrected chi connectivity index (χ2v) is 3.50. The Morgan fingerprint density at radius 3 is 1.56 bits per heavy atom. The second kappa shape index (κ2) is 4.36. The van der Waals surface area contributed by atoms with Crippen LogP contribution in [0, 0.1) is 11.3 Å². The lowest BCUT2D eigenvalue weighted by Crippen LogP contribution is -2.17. The molecule has 0 saturated carbocycles. The smallest absolute Gasteiger partial charge is 0.0649 e. The summed E-state index contributed by atoms with van der Waals surface area (Å²) >= 11 is 0. The zero-order valence-electron chi connectivity index (χ0n) is 6.78. The second-order valence-electron chi connectivity index (χ2n) is 3.50. The van der Waals surface area contributed by atoms with Crippen molar-refractivity contribution in [3.63, 3.8) is 0 Å². The van der Waals surface area contributed by atoms with Crippen LogP contribution in [-0.2, 0) is 0 Å². The summed E-state index contributed by atoms with van der Waals surface area (Å²) in [6.07, 6.45) is 1.28. The molecule has 56 valence electrons. The van der Waals surface area contributed by atoms with E-state index in [1.165, 1.54) is 6.42 Å². The van der Waals surface area contributed by atoms with Crippen molar-refractivity contribution in [3.8, 4) is 0 Å². The van der Waals surface area contributed by atoms with Crippen LogP contribution in [0.15, 0.2) is 0 Å². The minimum atomic E-state index is 0.